The second-order valence-corrected chi connectivity index (χ2v) is 4.20. The number of hydrogen-bond donors (Lipinski definition) is 0. The Morgan fingerprint density at radius 2 is 2.25 bits per heavy atom. The number of aldehydes is 1. The van der Waals surface area contributed by atoms with Gasteiger partial charge in [-0.3, -0.25) is 4.79 Å². The molecule has 0 N–H and O–H groups in total. The smallest absolute Gasteiger partial charge is 0.152 e. The molecule has 2 aromatic rings. The topological polar surface area (TPSA) is 34.5 Å². The van der Waals surface area contributed by atoms with Crippen LogP contribution in [-0.4, -0.2) is 23.6 Å². The van der Waals surface area contributed by atoms with Crippen LogP contribution < -0.4 is 0 Å². The van der Waals surface area contributed by atoms with E-state index in [1.165, 1.54) is 0 Å². The summed E-state index contributed by atoms with van der Waals surface area (Å²) >= 11 is 0. The largest absolute Gasteiger partial charge is 0.371 e. The summed E-state index contributed by atoms with van der Waals surface area (Å²) in [5.41, 5.74) is 2.96. The fraction of sp³-hybridized carbons (Fsp3) is 0.308. The number of fused-ring (bicyclic) bond motifs is 1. The first-order valence-electron chi connectivity index (χ1n) is 5.46. The minimum atomic E-state index is 0.328. The van der Waals surface area contributed by atoms with Crippen molar-refractivity contribution >= 4 is 17.2 Å². The third-order valence-electron chi connectivity index (χ3n) is 3.19. The second kappa shape index (κ2) is 3.46. The summed E-state index contributed by atoms with van der Waals surface area (Å²) < 4.78 is 7.43. The molecule has 82 valence electrons. The van der Waals surface area contributed by atoms with Gasteiger partial charge >= 0.3 is 0 Å². The highest BCUT2D eigenvalue weighted by atomic mass is 16.6. The van der Waals surface area contributed by atoms with Crippen molar-refractivity contribution in [2.45, 2.75) is 19.6 Å². The van der Waals surface area contributed by atoms with Crippen LogP contribution in [-0.2, 0) is 11.3 Å². The summed E-state index contributed by atoms with van der Waals surface area (Å²) in [5.74, 6) is 0. The monoisotopic (exact) mass is 215 g/mol. The van der Waals surface area contributed by atoms with Crippen molar-refractivity contribution in [1.82, 2.24) is 4.57 Å². The molecule has 1 atom stereocenters. The molecule has 1 aliphatic heterocycles. The predicted molar refractivity (Wildman–Crippen MR) is 61.8 cm³/mol. The maximum absolute atomic E-state index is 11.1. The number of carbonyl (C=O) groups excluding carboxylic acids is 1. The van der Waals surface area contributed by atoms with Gasteiger partial charge in [0.05, 0.1) is 19.3 Å². The van der Waals surface area contributed by atoms with Crippen molar-refractivity contribution in [3.8, 4) is 0 Å². The molecule has 2 heterocycles. The lowest BCUT2D eigenvalue weighted by atomic mass is 10.1. The van der Waals surface area contributed by atoms with E-state index in [1.807, 2.05) is 25.1 Å². The number of rotatable bonds is 3. The molecule has 3 nitrogen and oxygen atoms in total. The number of aromatic nitrogens is 1. The number of ether oxygens (including phenoxy) is 1. The van der Waals surface area contributed by atoms with Crippen LogP contribution in [0.5, 0.6) is 0 Å². The van der Waals surface area contributed by atoms with Gasteiger partial charge in [-0.15, -0.1) is 0 Å². The lowest BCUT2D eigenvalue weighted by Crippen LogP contribution is -2.05. The molecule has 0 aliphatic carbocycles. The quantitative estimate of drug-likeness (QED) is 0.581. The van der Waals surface area contributed by atoms with Crippen molar-refractivity contribution in [2.24, 2.45) is 0 Å². The van der Waals surface area contributed by atoms with Gasteiger partial charge in [0.1, 0.15) is 0 Å². The Bertz CT molecular complexity index is 552. The van der Waals surface area contributed by atoms with Gasteiger partial charge in [0, 0.05) is 22.2 Å². The van der Waals surface area contributed by atoms with Crippen molar-refractivity contribution < 1.29 is 9.53 Å². The van der Waals surface area contributed by atoms with E-state index in [1.54, 1.807) is 0 Å². The van der Waals surface area contributed by atoms with E-state index in [-0.39, 0.29) is 0 Å². The lowest BCUT2D eigenvalue weighted by molar-refractivity contribution is 0.112. The molecule has 1 fully saturated rings. The zero-order valence-electron chi connectivity index (χ0n) is 9.14. The summed E-state index contributed by atoms with van der Waals surface area (Å²) in [6.45, 7) is 3.68. The number of para-hydroxylation sites is 1. The van der Waals surface area contributed by atoms with Crippen molar-refractivity contribution in [3.63, 3.8) is 0 Å². The zero-order chi connectivity index (χ0) is 11.1. The molecule has 0 amide bonds. The average molecular weight is 215 g/mol. The molecule has 0 radical (unpaired) electrons. The summed E-state index contributed by atoms with van der Waals surface area (Å²) in [4.78, 5) is 11.1. The molecular formula is C13H13NO2. The fourth-order valence-electron chi connectivity index (χ4n) is 2.22. The number of epoxide rings is 1. The van der Waals surface area contributed by atoms with E-state index in [9.17, 15) is 4.79 Å². The van der Waals surface area contributed by atoms with E-state index < -0.39 is 0 Å². The number of nitrogens with zero attached hydrogens (tertiary/aromatic N) is 1. The Labute approximate surface area is 93.6 Å². The molecule has 1 aromatic carbocycles. The van der Waals surface area contributed by atoms with Crippen molar-refractivity contribution in [3.05, 3.63) is 35.5 Å². The van der Waals surface area contributed by atoms with Gasteiger partial charge in [0.2, 0.25) is 0 Å². The molecule has 1 aliphatic rings. The summed E-state index contributed by atoms with van der Waals surface area (Å²) in [7, 11) is 0. The summed E-state index contributed by atoms with van der Waals surface area (Å²) in [6.07, 6.45) is 1.27. The highest BCUT2D eigenvalue weighted by Gasteiger charge is 2.25. The lowest BCUT2D eigenvalue weighted by Gasteiger charge is -2.05. The van der Waals surface area contributed by atoms with E-state index in [4.69, 9.17) is 4.74 Å². The Hall–Kier alpha value is -1.61. The van der Waals surface area contributed by atoms with Crippen LogP contribution in [0.2, 0.25) is 0 Å². The normalized spacial score (nSPS) is 18.9. The minimum absolute atomic E-state index is 0.328. The van der Waals surface area contributed by atoms with Gasteiger partial charge in [-0.2, -0.15) is 0 Å². The first kappa shape index (κ1) is 9.60. The first-order valence-corrected chi connectivity index (χ1v) is 5.46. The van der Waals surface area contributed by atoms with E-state index in [0.717, 1.165) is 41.6 Å². The zero-order valence-corrected chi connectivity index (χ0v) is 9.14. The third-order valence-corrected chi connectivity index (χ3v) is 3.19. The standard InChI is InChI=1S/C13H13NO2/c1-9-12(7-15)11-4-2-3-5-13(11)14(9)6-10-8-16-10/h2-5,7,10H,6,8H2,1H3. The van der Waals surface area contributed by atoms with E-state index in [0.29, 0.717) is 6.10 Å². The molecule has 3 heteroatoms. The van der Waals surface area contributed by atoms with Gasteiger partial charge < -0.3 is 9.30 Å². The Morgan fingerprint density at radius 3 is 2.94 bits per heavy atom. The highest BCUT2D eigenvalue weighted by molar-refractivity contribution is 5.99. The van der Waals surface area contributed by atoms with Crippen LogP contribution in [0.4, 0.5) is 0 Å². The van der Waals surface area contributed by atoms with Crippen molar-refractivity contribution in [1.29, 1.82) is 0 Å². The van der Waals surface area contributed by atoms with E-state index >= 15 is 0 Å². The minimum Gasteiger partial charge on any atom is -0.371 e. The molecule has 1 saturated heterocycles. The molecule has 0 saturated carbocycles. The molecule has 0 bridgehead atoms. The van der Waals surface area contributed by atoms with Crippen molar-refractivity contribution in [2.75, 3.05) is 6.61 Å². The Morgan fingerprint density at radius 1 is 1.50 bits per heavy atom. The van der Waals surface area contributed by atoms with Gasteiger partial charge in [-0.25, -0.2) is 0 Å². The van der Waals surface area contributed by atoms with Crippen LogP contribution in [0.25, 0.3) is 10.9 Å². The maximum Gasteiger partial charge on any atom is 0.152 e. The molecular weight excluding hydrogens is 202 g/mol. The first-order chi connectivity index (χ1) is 7.81. The maximum atomic E-state index is 11.1. The molecule has 1 unspecified atom stereocenters. The van der Waals surface area contributed by atoms with Crippen LogP contribution in [0, 0.1) is 6.92 Å². The van der Waals surface area contributed by atoms with Gasteiger partial charge in [-0.05, 0) is 13.0 Å². The Balaban J connectivity index is 2.23. The van der Waals surface area contributed by atoms with Gasteiger partial charge in [0.15, 0.2) is 6.29 Å². The highest BCUT2D eigenvalue weighted by Crippen LogP contribution is 2.26. The van der Waals surface area contributed by atoms with E-state index in [2.05, 4.69) is 10.6 Å². The van der Waals surface area contributed by atoms with Crippen LogP contribution in [0.1, 0.15) is 16.1 Å². The SMILES string of the molecule is Cc1c(C=O)c2ccccc2n1CC1CO1. The molecule has 0 spiro atoms. The molecule has 3 rings (SSSR count). The number of hydrogen-bond acceptors (Lipinski definition) is 2. The van der Waals surface area contributed by atoms with Crippen LogP contribution in [0.3, 0.4) is 0 Å². The van der Waals surface area contributed by atoms with Gasteiger partial charge in [-0.1, -0.05) is 18.2 Å². The molecule has 1 aromatic heterocycles. The summed E-state index contributed by atoms with van der Waals surface area (Å²) in [6, 6.07) is 8.02. The molecule has 16 heavy (non-hydrogen) atoms. The fourth-order valence-corrected chi connectivity index (χ4v) is 2.22. The third kappa shape index (κ3) is 1.36. The predicted octanol–water partition coefficient (Wildman–Crippen LogP) is 2.16. The number of carbonyl (C=O) groups is 1. The summed E-state index contributed by atoms with van der Waals surface area (Å²) in [5, 5.41) is 1.04. The second-order valence-electron chi connectivity index (χ2n) is 4.20. The van der Waals surface area contributed by atoms with Gasteiger partial charge in [0.25, 0.3) is 0 Å². The Kier molecular flexibility index (Phi) is 2.07. The van der Waals surface area contributed by atoms with Crippen LogP contribution >= 0.6 is 0 Å². The number of benzene rings is 1. The van der Waals surface area contributed by atoms with Crippen LogP contribution in [0.15, 0.2) is 24.3 Å². The average Bonchev–Trinajstić information content (AvgIpc) is 3.07.